The van der Waals surface area contributed by atoms with Gasteiger partial charge in [-0.1, -0.05) is 31.4 Å². The van der Waals surface area contributed by atoms with Crippen molar-refractivity contribution in [1.82, 2.24) is 9.62 Å². The minimum absolute atomic E-state index is 0.00965. The zero-order chi connectivity index (χ0) is 24.3. The van der Waals surface area contributed by atoms with Crippen LogP contribution in [0.15, 0.2) is 23.1 Å². The van der Waals surface area contributed by atoms with Crippen molar-refractivity contribution >= 4 is 33.5 Å². The van der Waals surface area contributed by atoms with E-state index in [4.69, 9.17) is 21.1 Å². The van der Waals surface area contributed by atoms with Gasteiger partial charge in [0.15, 0.2) is 6.10 Å². The van der Waals surface area contributed by atoms with Crippen molar-refractivity contribution in [2.75, 3.05) is 13.1 Å². The number of hydrogen-bond donors (Lipinski definition) is 1. The fourth-order valence-electron chi connectivity index (χ4n) is 4.41. The molecule has 1 saturated carbocycles. The first-order valence-electron chi connectivity index (χ1n) is 11.5. The maximum Gasteiger partial charge on any atom is 0.338 e. The summed E-state index contributed by atoms with van der Waals surface area (Å²) in [5.41, 5.74) is 0.0121. The van der Waals surface area contributed by atoms with Gasteiger partial charge < -0.3 is 14.8 Å². The Balaban J connectivity index is 1.71. The topological polar surface area (TPSA) is 102 Å². The molecule has 1 heterocycles. The number of halogens is 1. The lowest BCUT2D eigenvalue weighted by Crippen LogP contribution is -2.48. The number of benzene rings is 1. The van der Waals surface area contributed by atoms with Crippen molar-refractivity contribution in [3.63, 3.8) is 0 Å². The molecule has 1 saturated heterocycles. The third-order valence-corrected chi connectivity index (χ3v) is 8.58. The van der Waals surface area contributed by atoms with Crippen LogP contribution >= 0.6 is 11.6 Å². The van der Waals surface area contributed by atoms with E-state index in [2.05, 4.69) is 12.2 Å². The summed E-state index contributed by atoms with van der Waals surface area (Å²) in [4.78, 5) is 25.1. The first kappa shape index (κ1) is 25.9. The number of ether oxygens (including phenoxy) is 2. The van der Waals surface area contributed by atoms with E-state index >= 15 is 0 Å². The van der Waals surface area contributed by atoms with E-state index in [9.17, 15) is 18.0 Å². The largest absolute Gasteiger partial charge is 0.449 e. The van der Waals surface area contributed by atoms with Crippen LogP contribution in [-0.2, 0) is 24.3 Å². The average molecular weight is 501 g/mol. The Kier molecular flexibility index (Phi) is 8.42. The van der Waals surface area contributed by atoms with E-state index in [1.807, 2.05) is 0 Å². The van der Waals surface area contributed by atoms with Crippen molar-refractivity contribution in [2.45, 2.75) is 82.6 Å². The molecule has 3 rings (SSSR count). The Morgan fingerprint density at radius 1 is 1.15 bits per heavy atom. The molecular weight excluding hydrogens is 468 g/mol. The van der Waals surface area contributed by atoms with Gasteiger partial charge in [0.1, 0.15) is 4.90 Å². The van der Waals surface area contributed by atoms with Gasteiger partial charge in [0, 0.05) is 19.1 Å². The molecule has 10 heteroatoms. The second kappa shape index (κ2) is 10.7. The Labute approximate surface area is 201 Å². The second-order valence-electron chi connectivity index (χ2n) is 9.15. The molecule has 2 fully saturated rings. The number of carbonyl (C=O) groups is 2. The van der Waals surface area contributed by atoms with Crippen molar-refractivity contribution in [2.24, 2.45) is 5.92 Å². The smallest absolute Gasteiger partial charge is 0.338 e. The molecule has 0 unspecified atom stereocenters. The van der Waals surface area contributed by atoms with Crippen LogP contribution in [0.2, 0.25) is 5.02 Å². The predicted octanol–water partition coefficient (Wildman–Crippen LogP) is 3.38. The van der Waals surface area contributed by atoms with Gasteiger partial charge in [-0.05, 0) is 57.7 Å². The highest BCUT2D eigenvalue weighted by molar-refractivity contribution is 7.89. The minimum atomic E-state index is -3.95. The van der Waals surface area contributed by atoms with Gasteiger partial charge in [-0.3, -0.25) is 4.79 Å². The molecule has 8 nitrogen and oxygen atoms in total. The first-order valence-corrected chi connectivity index (χ1v) is 13.3. The number of morpholine rings is 1. The number of sulfonamides is 1. The maximum absolute atomic E-state index is 13.2. The SMILES string of the molecule is C[C@@H]1CN(S(=O)(=O)c2cc(C(=O)O[C@H](C)C(=O)N[C@@H]3CCCC[C@H]3C)ccc2Cl)C[C@@H](C)O1. The lowest BCUT2D eigenvalue weighted by Gasteiger charge is -2.34. The average Bonchev–Trinajstić information content (AvgIpc) is 2.74. The molecule has 0 bridgehead atoms. The van der Waals surface area contributed by atoms with Crippen LogP contribution in [0.3, 0.4) is 0 Å². The molecule has 1 aliphatic carbocycles. The highest BCUT2D eigenvalue weighted by atomic mass is 35.5. The molecule has 184 valence electrons. The molecule has 33 heavy (non-hydrogen) atoms. The summed E-state index contributed by atoms with van der Waals surface area (Å²) in [6.07, 6.45) is 2.65. The standard InChI is InChI=1S/C23H33ClN2O6S/c1-14-7-5-6-8-20(14)25-22(27)17(4)32-23(28)18-9-10-19(24)21(11-18)33(29,30)26-12-15(2)31-16(3)13-26/h9-11,14-17,20H,5-8,12-13H2,1-4H3,(H,25,27)/t14-,15-,16-,17-,20-/m1/s1. The monoisotopic (exact) mass is 500 g/mol. The Morgan fingerprint density at radius 3 is 2.42 bits per heavy atom. The molecule has 1 aromatic rings. The van der Waals surface area contributed by atoms with Gasteiger partial charge in [-0.2, -0.15) is 4.31 Å². The molecule has 2 aliphatic rings. The van der Waals surface area contributed by atoms with Crippen LogP contribution in [0.1, 0.15) is 63.7 Å². The summed E-state index contributed by atoms with van der Waals surface area (Å²) < 4.78 is 38.7. The number of amides is 1. The zero-order valence-electron chi connectivity index (χ0n) is 19.5. The molecule has 1 aliphatic heterocycles. The highest BCUT2D eigenvalue weighted by Gasteiger charge is 2.34. The molecule has 1 N–H and O–H groups in total. The summed E-state index contributed by atoms with van der Waals surface area (Å²) in [6, 6.07) is 4.02. The van der Waals surface area contributed by atoms with E-state index in [1.54, 1.807) is 13.8 Å². The Hall–Kier alpha value is -1.68. The van der Waals surface area contributed by atoms with E-state index in [0.717, 1.165) is 25.7 Å². The lowest BCUT2D eigenvalue weighted by molar-refractivity contribution is -0.130. The Bertz CT molecular complexity index is 975. The van der Waals surface area contributed by atoms with Gasteiger partial charge in [-0.25, -0.2) is 13.2 Å². The van der Waals surface area contributed by atoms with Crippen LogP contribution in [0.5, 0.6) is 0 Å². The molecule has 5 atom stereocenters. The van der Waals surface area contributed by atoms with E-state index < -0.39 is 22.1 Å². The molecule has 1 amide bonds. The normalized spacial score (nSPS) is 27.5. The van der Waals surface area contributed by atoms with Gasteiger partial charge in [0.05, 0.1) is 22.8 Å². The van der Waals surface area contributed by atoms with Gasteiger partial charge in [0.25, 0.3) is 5.91 Å². The van der Waals surface area contributed by atoms with Crippen LogP contribution in [0.4, 0.5) is 0 Å². The van der Waals surface area contributed by atoms with Crippen molar-refractivity contribution in [1.29, 1.82) is 0 Å². The number of rotatable bonds is 6. The van der Waals surface area contributed by atoms with Crippen LogP contribution < -0.4 is 5.32 Å². The quantitative estimate of drug-likeness (QED) is 0.601. The number of carbonyl (C=O) groups excluding carboxylic acids is 2. The summed E-state index contributed by atoms with van der Waals surface area (Å²) in [5, 5.41) is 2.98. The predicted molar refractivity (Wildman–Crippen MR) is 125 cm³/mol. The summed E-state index contributed by atoms with van der Waals surface area (Å²) in [6.45, 7) is 7.59. The summed E-state index contributed by atoms with van der Waals surface area (Å²) in [7, 11) is -3.95. The van der Waals surface area contributed by atoms with E-state index in [-0.39, 0.29) is 52.7 Å². The van der Waals surface area contributed by atoms with Gasteiger partial charge >= 0.3 is 5.97 Å². The highest BCUT2D eigenvalue weighted by Crippen LogP contribution is 2.29. The molecule has 1 aromatic carbocycles. The maximum atomic E-state index is 13.2. The number of nitrogens with zero attached hydrogens (tertiary/aromatic N) is 1. The van der Waals surface area contributed by atoms with Crippen molar-refractivity contribution in [3.8, 4) is 0 Å². The van der Waals surface area contributed by atoms with Crippen LogP contribution in [-0.4, -0.2) is 62.0 Å². The molecular formula is C23H33ClN2O6S. The number of esters is 1. The van der Waals surface area contributed by atoms with Crippen LogP contribution in [0, 0.1) is 5.92 Å². The fraction of sp³-hybridized carbons (Fsp3) is 0.652. The van der Waals surface area contributed by atoms with Gasteiger partial charge in [0.2, 0.25) is 10.0 Å². The zero-order valence-corrected chi connectivity index (χ0v) is 21.1. The molecule has 0 aromatic heterocycles. The number of nitrogens with one attached hydrogen (secondary N) is 1. The van der Waals surface area contributed by atoms with Crippen LogP contribution in [0.25, 0.3) is 0 Å². The fourth-order valence-corrected chi connectivity index (χ4v) is 6.50. The lowest BCUT2D eigenvalue weighted by atomic mass is 9.86. The minimum Gasteiger partial charge on any atom is -0.449 e. The first-order chi connectivity index (χ1) is 15.5. The summed E-state index contributed by atoms with van der Waals surface area (Å²) >= 11 is 6.20. The molecule has 0 spiro atoms. The van der Waals surface area contributed by atoms with E-state index in [1.165, 1.54) is 29.4 Å². The Morgan fingerprint density at radius 2 is 1.79 bits per heavy atom. The molecule has 0 radical (unpaired) electrons. The third kappa shape index (κ3) is 6.26. The van der Waals surface area contributed by atoms with Crippen molar-refractivity contribution in [3.05, 3.63) is 28.8 Å². The third-order valence-electron chi connectivity index (χ3n) is 6.26. The summed E-state index contributed by atoms with van der Waals surface area (Å²) in [5.74, 6) is -0.772. The second-order valence-corrected chi connectivity index (χ2v) is 11.5. The van der Waals surface area contributed by atoms with E-state index in [0.29, 0.717) is 5.92 Å². The van der Waals surface area contributed by atoms with Crippen molar-refractivity contribution < 1.29 is 27.5 Å². The number of hydrogen-bond acceptors (Lipinski definition) is 6. The van der Waals surface area contributed by atoms with Gasteiger partial charge in [-0.15, -0.1) is 0 Å².